The number of rotatable bonds is 4. The molecule has 0 aliphatic heterocycles. The van der Waals surface area contributed by atoms with E-state index in [2.05, 4.69) is 5.10 Å². The molecular formula is C20H17FN2O4. The summed E-state index contributed by atoms with van der Waals surface area (Å²) in [5.41, 5.74) is 1.20. The van der Waals surface area contributed by atoms with E-state index in [-0.39, 0.29) is 17.0 Å². The summed E-state index contributed by atoms with van der Waals surface area (Å²) in [7, 11) is 2.41. The van der Waals surface area contributed by atoms with Crippen LogP contribution in [0.3, 0.4) is 0 Å². The average molecular weight is 368 g/mol. The Morgan fingerprint density at radius 2 is 1.63 bits per heavy atom. The number of hydrogen-bond acceptors (Lipinski definition) is 5. The maximum absolute atomic E-state index is 14.1. The summed E-state index contributed by atoms with van der Waals surface area (Å²) in [6.45, 7) is 1.57. The number of hydrogen-bond donors (Lipinski definition) is 0. The lowest BCUT2D eigenvalue weighted by atomic mass is 10.0. The third-order valence-electron chi connectivity index (χ3n) is 4.18. The molecule has 0 unspecified atom stereocenters. The van der Waals surface area contributed by atoms with E-state index in [1.807, 2.05) is 6.07 Å². The molecule has 27 heavy (non-hydrogen) atoms. The van der Waals surface area contributed by atoms with Gasteiger partial charge in [0.05, 0.1) is 19.9 Å². The van der Waals surface area contributed by atoms with Crippen LogP contribution in [0.5, 0.6) is 0 Å². The van der Waals surface area contributed by atoms with E-state index in [0.717, 1.165) is 0 Å². The van der Waals surface area contributed by atoms with Crippen molar-refractivity contribution < 1.29 is 23.5 Å². The second kappa shape index (κ2) is 7.41. The molecule has 0 radical (unpaired) electrons. The Labute approximate surface area is 155 Å². The van der Waals surface area contributed by atoms with Crippen molar-refractivity contribution in [2.24, 2.45) is 0 Å². The molecule has 0 spiro atoms. The topological polar surface area (TPSA) is 70.4 Å². The van der Waals surface area contributed by atoms with Gasteiger partial charge in [0.2, 0.25) is 0 Å². The molecule has 6 nitrogen and oxygen atoms in total. The molecule has 3 rings (SSSR count). The summed E-state index contributed by atoms with van der Waals surface area (Å²) in [5, 5.41) is 4.44. The maximum atomic E-state index is 14.1. The highest BCUT2D eigenvalue weighted by atomic mass is 19.1. The number of methoxy groups -OCH3 is 2. The third kappa shape index (κ3) is 3.19. The monoisotopic (exact) mass is 368 g/mol. The van der Waals surface area contributed by atoms with E-state index in [1.54, 1.807) is 37.3 Å². The molecule has 3 aromatic rings. The van der Waals surface area contributed by atoms with Gasteiger partial charge in [0.1, 0.15) is 17.1 Å². The van der Waals surface area contributed by atoms with Crippen LogP contribution >= 0.6 is 0 Å². The number of esters is 2. The van der Waals surface area contributed by atoms with Crippen molar-refractivity contribution in [2.45, 2.75) is 6.92 Å². The fourth-order valence-corrected chi connectivity index (χ4v) is 2.81. The van der Waals surface area contributed by atoms with E-state index in [1.165, 1.54) is 31.0 Å². The summed E-state index contributed by atoms with van der Waals surface area (Å²) in [6.07, 6.45) is 0. The Kier molecular flexibility index (Phi) is 5.03. The number of para-hydroxylation sites is 1. The first-order chi connectivity index (χ1) is 13.0. The first kappa shape index (κ1) is 18.3. The first-order valence-electron chi connectivity index (χ1n) is 8.10. The lowest BCUT2D eigenvalue weighted by Gasteiger charge is -2.07. The summed E-state index contributed by atoms with van der Waals surface area (Å²) < 4.78 is 25.1. The van der Waals surface area contributed by atoms with Crippen molar-refractivity contribution in [1.82, 2.24) is 9.78 Å². The van der Waals surface area contributed by atoms with Crippen LogP contribution in [0.25, 0.3) is 16.9 Å². The van der Waals surface area contributed by atoms with Gasteiger partial charge in [-0.05, 0) is 30.7 Å². The Morgan fingerprint density at radius 1 is 0.963 bits per heavy atom. The van der Waals surface area contributed by atoms with E-state index in [4.69, 9.17) is 9.47 Å². The quantitative estimate of drug-likeness (QED) is 0.659. The van der Waals surface area contributed by atoms with Gasteiger partial charge in [-0.3, -0.25) is 0 Å². The molecule has 0 fully saturated rings. The van der Waals surface area contributed by atoms with E-state index in [0.29, 0.717) is 16.8 Å². The van der Waals surface area contributed by atoms with Crippen LogP contribution < -0.4 is 0 Å². The molecule has 0 amide bonds. The van der Waals surface area contributed by atoms with Crippen LogP contribution in [-0.2, 0) is 9.47 Å². The fraction of sp³-hybridized carbons (Fsp3) is 0.150. The molecule has 2 aromatic carbocycles. The molecule has 0 atom stereocenters. The van der Waals surface area contributed by atoms with Crippen LogP contribution in [0.1, 0.15) is 26.4 Å². The Hall–Kier alpha value is -3.48. The maximum Gasteiger partial charge on any atom is 0.357 e. The highest BCUT2D eigenvalue weighted by molar-refractivity contribution is 6.07. The van der Waals surface area contributed by atoms with Gasteiger partial charge in [-0.2, -0.15) is 5.10 Å². The first-order valence-corrected chi connectivity index (χ1v) is 8.10. The minimum Gasteiger partial charge on any atom is -0.465 e. The lowest BCUT2D eigenvalue weighted by molar-refractivity contribution is 0.0549. The average Bonchev–Trinajstić information content (AvgIpc) is 3.09. The van der Waals surface area contributed by atoms with Crippen LogP contribution in [0, 0.1) is 12.7 Å². The standard InChI is InChI=1S/C20H17FN2O4/c1-12-14(10-7-11-15(12)21)17-16(19(24)26-2)18(20(25)27-3)23(22-17)13-8-5-4-6-9-13/h4-11H,1-3H3. The minimum absolute atomic E-state index is 0.0816. The lowest BCUT2D eigenvalue weighted by Crippen LogP contribution is -2.15. The second-order valence-electron chi connectivity index (χ2n) is 5.72. The van der Waals surface area contributed by atoms with Crippen molar-refractivity contribution in [2.75, 3.05) is 14.2 Å². The summed E-state index contributed by atoms with van der Waals surface area (Å²) in [5.74, 6) is -1.97. The SMILES string of the molecule is COC(=O)c1c(-c2cccc(F)c2C)nn(-c2ccccc2)c1C(=O)OC. The smallest absolute Gasteiger partial charge is 0.357 e. The molecule has 138 valence electrons. The summed E-state index contributed by atoms with van der Waals surface area (Å²) in [4.78, 5) is 25.0. The highest BCUT2D eigenvalue weighted by Gasteiger charge is 2.32. The van der Waals surface area contributed by atoms with Crippen molar-refractivity contribution in [3.05, 3.63) is 71.2 Å². The molecule has 0 aliphatic carbocycles. The molecule has 7 heteroatoms. The number of halogens is 1. The van der Waals surface area contributed by atoms with Gasteiger partial charge in [0.25, 0.3) is 0 Å². The zero-order chi connectivity index (χ0) is 19.6. The molecule has 1 aromatic heterocycles. The van der Waals surface area contributed by atoms with Crippen molar-refractivity contribution in [3.8, 4) is 16.9 Å². The molecular weight excluding hydrogens is 351 g/mol. The van der Waals surface area contributed by atoms with Gasteiger partial charge in [-0.25, -0.2) is 18.7 Å². The van der Waals surface area contributed by atoms with Gasteiger partial charge in [-0.15, -0.1) is 0 Å². The van der Waals surface area contributed by atoms with Crippen LogP contribution in [0.15, 0.2) is 48.5 Å². The van der Waals surface area contributed by atoms with Crippen molar-refractivity contribution in [1.29, 1.82) is 0 Å². The molecule has 0 aliphatic rings. The number of benzene rings is 2. The van der Waals surface area contributed by atoms with Gasteiger partial charge in [0.15, 0.2) is 5.69 Å². The van der Waals surface area contributed by atoms with Gasteiger partial charge >= 0.3 is 11.9 Å². The summed E-state index contributed by atoms with van der Waals surface area (Å²) in [6, 6.07) is 13.2. The Bertz CT molecular complexity index is 1010. The van der Waals surface area contributed by atoms with Gasteiger partial charge in [0, 0.05) is 5.56 Å². The van der Waals surface area contributed by atoms with E-state index >= 15 is 0 Å². The number of aromatic nitrogens is 2. The number of nitrogens with zero attached hydrogens (tertiary/aromatic N) is 2. The van der Waals surface area contributed by atoms with Crippen LogP contribution in [0.4, 0.5) is 4.39 Å². The zero-order valence-corrected chi connectivity index (χ0v) is 15.0. The predicted molar refractivity (Wildman–Crippen MR) is 96.4 cm³/mol. The Morgan fingerprint density at radius 3 is 2.26 bits per heavy atom. The summed E-state index contributed by atoms with van der Waals surface area (Å²) >= 11 is 0. The molecule has 1 heterocycles. The molecule has 0 bridgehead atoms. The van der Waals surface area contributed by atoms with E-state index < -0.39 is 17.8 Å². The molecule has 0 N–H and O–H groups in total. The minimum atomic E-state index is -0.767. The third-order valence-corrected chi connectivity index (χ3v) is 4.18. The van der Waals surface area contributed by atoms with Gasteiger partial charge in [-0.1, -0.05) is 30.3 Å². The van der Waals surface area contributed by atoms with Gasteiger partial charge < -0.3 is 9.47 Å². The molecule has 0 saturated heterocycles. The predicted octanol–water partition coefficient (Wildman–Crippen LogP) is 3.56. The number of carbonyl (C=O) groups excluding carboxylic acids is 2. The highest BCUT2D eigenvalue weighted by Crippen LogP contribution is 2.31. The normalized spacial score (nSPS) is 10.5. The molecule has 0 saturated carbocycles. The zero-order valence-electron chi connectivity index (χ0n) is 15.0. The van der Waals surface area contributed by atoms with Crippen molar-refractivity contribution >= 4 is 11.9 Å². The fourth-order valence-electron chi connectivity index (χ4n) is 2.81. The second-order valence-corrected chi connectivity index (χ2v) is 5.72. The van der Waals surface area contributed by atoms with Crippen LogP contribution in [-0.4, -0.2) is 35.9 Å². The van der Waals surface area contributed by atoms with Crippen LogP contribution in [0.2, 0.25) is 0 Å². The number of carbonyl (C=O) groups is 2. The number of ether oxygens (including phenoxy) is 2. The Balaban J connectivity index is 2.40. The van der Waals surface area contributed by atoms with E-state index in [9.17, 15) is 14.0 Å². The van der Waals surface area contributed by atoms with Crippen molar-refractivity contribution in [3.63, 3.8) is 0 Å². The largest absolute Gasteiger partial charge is 0.465 e.